The summed E-state index contributed by atoms with van der Waals surface area (Å²) in [5.74, 6) is 1.11. The smallest absolute Gasteiger partial charge is 0.252 e. The molecule has 0 aliphatic carbocycles. The van der Waals surface area contributed by atoms with Gasteiger partial charge in [0.05, 0.1) is 16.4 Å². The summed E-state index contributed by atoms with van der Waals surface area (Å²) in [7, 11) is 0. The van der Waals surface area contributed by atoms with Crippen molar-refractivity contribution in [1.82, 2.24) is 29.5 Å². The molecule has 1 aliphatic rings. The van der Waals surface area contributed by atoms with Gasteiger partial charge in [-0.3, -0.25) is 9.88 Å². The molecule has 1 unspecified atom stereocenters. The number of hydrogen-bond donors (Lipinski definition) is 0. The van der Waals surface area contributed by atoms with Gasteiger partial charge in [-0.15, -0.1) is 0 Å². The van der Waals surface area contributed by atoms with E-state index in [1.54, 1.807) is 12.5 Å². The fourth-order valence-electron chi connectivity index (χ4n) is 3.42. The van der Waals surface area contributed by atoms with Crippen LogP contribution in [0.4, 0.5) is 0 Å². The zero-order chi connectivity index (χ0) is 16.5. The van der Waals surface area contributed by atoms with Gasteiger partial charge in [0.15, 0.2) is 0 Å². The van der Waals surface area contributed by atoms with E-state index < -0.39 is 0 Å². The van der Waals surface area contributed by atoms with Gasteiger partial charge in [0.2, 0.25) is 0 Å². The first-order valence-corrected chi connectivity index (χ1v) is 8.57. The molecule has 24 heavy (non-hydrogen) atoms. The fraction of sp³-hybridized carbons (Fsp3) is 0.412. The Morgan fingerprint density at radius 3 is 3.04 bits per heavy atom. The van der Waals surface area contributed by atoms with E-state index in [1.807, 2.05) is 23.6 Å². The lowest BCUT2D eigenvalue weighted by Gasteiger charge is -2.32. The molecule has 1 fully saturated rings. The standard InChI is InChI=1S/C17H19ClN6/c1-12-7-16(24-17(22-12)20-11-21-24)13-3-2-6-23(9-13)10-15-5-4-14(18)8-19-15/h4-5,7-8,11,13H,2-3,6,9-10H2,1H3. The van der Waals surface area contributed by atoms with E-state index in [0.717, 1.165) is 43.9 Å². The summed E-state index contributed by atoms with van der Waals surface area (Å²) in [6, 6.07) is 6.03. The lowest BCUT2D eigenvalue weighted by atomic mass is 9.94. The van der Waals surface area contributed by atoms with E-state index >= 15 is 0 Å². The first-order valence-electron chi connectivity index (χ1n) is 8.19. The van der Waals surface area contributed by atoms with Crippen LogP contribution < -0.4 is 0 Å². The highest BCUT2D eigenvalue weighted by molar-refractivity contribution is 6.30. The third kappa shape index (κ3) is 3.12. The van der Waals surface area contributed by atoms with Crippen molar-refractivity contribution in [2.75, 3.05) is 13.1 Å². The highest BCUT2D eigenvalue weighted by Crippen LogP contribution is 2.28. The number of fused-ring (bicyclic) bond motifs is 1. The molecule has 0 radical (unpaired) electrons. The summed E-state index contributed by atoms with van der Waals surface area (Å²) in [4.78, 5) is 15.5. The van der Waals surface area contributed by atoms with Crippen LogP contribution in [-0.4, -0.2) is 42.6 Å². The van der Waals surface area contributed by atoms with Crippen molar-refractivity contribution < 1.29 is 0 Å². The maximum absolute atomic E-state index is 5.92. The maximum atomic E-state index is 5.92. The van der Waals surface area contributed by atoms with E-state index in [2.05, 4.69) is 31.0 Å². The second kappa shape index (κ2) is 6.45. The van der Waals surface area contributed by atoms with Crippen LogP contribution in [0.15, 0.2) is 30.7 Å². The van der Waals surface area contributed by atoms with Crippen molar-refractivity contribution in [2.45, 2.75) is 32.2 Å². The molecule has 1 aliphatic heterocycles. The van der Waals surface area contributed by atoms with Crippen LogP contribution in [0.3, 0.4) is 0 Å². The summed E-state index contributed by atoms with van der Waals surface area (Å²) in [6.07, 6.45) is 5.60. The topological polar surface area (TPSA) is 59.2 Å². The summed E-state index contributed by atoms with van der Waals surface area (Å²) >= 11 is 5.92. The number of piperidine rings is 1. The van der Waals surface area contributed by atoms with Crippen molar-refractivity contribution in [3.8, 4) is 0 Å². The lowest BCUT2D eigenvalue weighted by molar-refractivity contribution is 0.195. The Morgan fingerprint density at radius 1 is 1.29 bits per heavy atom. The van der Waals surface area contributed by atoms with Crippen LogP contribution in [-0.2, 0) is 6.54 Å². The Labute approximate surface area is 145 Å². The van der Waals surface area contributed by atoms with E-state index in [9.17, 15) is 0 Å². The van der Waals surface area contributed by atoms with E-state index in [0.29, 0.717) is 16.7 Å². The number of likely N-dealkylation sites (tertiary alicyclic amines) is 1. The van der Waals surface area contributed by atoms with Crippen LogP contribution in [0.5, 0.6) is 0 Å². The minimum Gasteiger partial charge on any atom is -0.297 e. The predicted octanol–water partition coefficient (Wildman–Crippen LogP) is 2.86. The monoisotopic (exact) mass is 342 g/mol. The Morgan fingerprint density at radius 2 is 2.21 bits per heavy atom. The number of aromatic nitrogens is 5. The van der Waals surface area contributed by atoms with Crippen molar-refractivity contribution >= 4 is 17.4 Å². The molecule has 0 saturated carbocycles. The first-order chi connectivity index (χ1) is 11.7. The lowest BCUT2D eigenvalue weighted by Crippen LogP contribution is -2.35. The second-order valence-corrected chi connectivity index (χ2v) is 6.77. The highest BCUT2D eigenvalue weighted by Gasteiger charge is 2.24. The van der Waals surface area contributed by atoms with E-state index in [-0.39, 0.29) is 0 Å². The number of halogens is 1. The summed E-state index contributed by atoms with van der Waals surface area (Å²) in [5.41, 5.74) is 3.24. The van der Waals surface area contributed by atoms with Gasteiger partial charge in [0, 0.05) is 30.9 Å². The molecule has 0 bridgehead atoms. The number of pyridine rings is 1. The van der Waals surface area contributed by atoms with Crippen LogP contribution in [0.25, 0.3) is 5.78 Å². The third-order valence-electron chi connectivity index (χ3n) is 4.51. The average Bonchev–Trinajstić information content (AvgIpc) is 3.05. The third-order valence-corrected chi connectivity index (χ3v) is 4.73. The first kappa shape index (κ1) is 15.5. The summed E-state index contributed by atoms with van der Waals surface area (Å²) in [6.45, 7) is 4.93. The van der Waals surface area contributed by atoms with Gasteiger partial charge in [0.1, 0.15) is 6.33 Å². The molecule has 0 amide bonds. The normalized spacial score (nSPS) is 19.0. The van der Waals surface area contributed by atoms with E-state index in [4.69, 9.17) is 11.6 Å². The van der Waals surface area contributed by atoms with Gasteiger partial charge in [-0.1, -0.05) is 11.6 Å². The number of hydrogen-bond acceptors (Lipinski definition) is 5. The Balaban J connectivity index is 1.55. The van der Waals surface area contributed by atoms with Crippen LogP contribution in [0, 0.1) is 6.92 Å². The van der Waals surface area contributed by atoms with Crippen molar-refractivity contribution in [3.05, 3.63) is 52.8 Å². The second-order valence-electron chi connectivity index (χ2n) is 6.34. The van der Waals surface area contributed by atoms with Crippen LogP contribution in [0.2, 0.25) is 5.02 Å². The van der Waals surface area contributed by atoms with Crippen LogP contribution in [0.1, 0.15) is 35.8 Å². The molecule has 3 aromatic heterocycles. The molecule has 1 saturated heterocycles. The Bertz CT molecular complexity index is 844. The summed E-state index contributed by atoms with van der Waals surface area (Å²) in [5, 5.41) is 5.03. The van der Waals surface area contributed by atoms with Gasteiger partial charge in [0.25, 0.3) is 5.78 Å². The molecule has 0 aromatic carbocycles. The fourth-order valence-corrected chi connectivity index (χ4v) is 3.53. The molecule has 6 nitrogen and oxygen atoms in total. The minimum absolute atomic E-state index is 0.428. The SMILES string of the molecule is Cc1cc(C2CCCN(Cc3ccc(Cl)cn3)C2)n2ncnc2n1. The molecule has 3 aromatic rings. The average molecular weight is 343 g/mol. The van der Waals surface area contributed by atoms with E-state index in [1.165, 1.54) is 5.69 Å². The summed E-state index contributed by atoms with van der Waals surface area (Å²) < 4.78 is 1.88. The maximum Gasteiger partial charge on any atom is 0.252 e. The molecule has 1 atom stereocenters. The molecule has 4 rings (SSSR count). The molecule has 7 heteroatoms. The zero-order valence-corrected chi connectivity index (χ0v) is 14.3. The predicted molar refractivity (Wildman–Crippen MR) is 92.0 cm³/mol. The molecular weight excluding hydrogens is 324 g/mol. The van der Waals surface area contributed by atoms with Crippen molar-refractivity contribution in [2.24, 2.45) is 0 Å². The zero-order valence-electron chi connectivity index (χ0n) is 13.6. The largest absolute Gasteiger partial charge is 0.297 e. The quantitative estimate of drug-likeness (QED) is 0.732. The molecular formula is C17H19ClN6. The van der Waals surface area contributed by atoms with Crippen molar-refractivity contribution in [3.63, 3.8) is 0 Å². The van der Waals surface area contributed by atoms with Gasteiger partial charge >= 0.3 is 0 Å². The minimum atomic E-state index is 0.428. The molecule has 0 spiro atoms. The number of rotatable bonds is 3. The van der Waals surface area contributed by atoms with Crippen LogP contribution >= 0.6 is 11.6 Å². The van der Waals surface area contributed by atoms with Crippen molar-refractivity contribution in [1.29, 1.82) is 0 Å². The number of aryl methyl sites for hydroxylation is 1. The molecule has 4 heterocycles. The Hall–Kier alpha value is -2.05. The highest BCUT2D eigenvalue weighted by atomic mass is 35.5. The number of nitrogens with zero attached hydrogens (tertiary/aromatic N) is 6. The van der Waals surface area contributed by atoms with Gasteiger partial charge in [-0.2, -0.15) is 10.1 Å². The van der Waals surface area contributed by atoms with Gasteiger partial charge < -0.3 is 0 Å². The molecule has 0 N–H and O–H groups in total. The Kier molecular flexibility index (Phi) is 4.16. The molecule has 124 valence electrons. The van der Waals surface area contributed by atoms with Gasteiger partial charge in [-0.05, 0) is 44.5 Å². The van der Waals surface area contributed by atoms with Gasteiger partial charge in [-0.25, -0.2) is 9.50 Å².